The SMILES string of the molecule is CCC(CNCc1cc(F)ccc1OC)C(=O)OC. The molecule has 4 nitrogen and oxygen atoms in total. The predicted molar refractivity (Wildman–Crippen MR) is 70.5 cm³/mol. The number of hydrogen-bond donors (Lipinski definition) is 1. The summed E-state index contributed by atoms with van der Waals surface area (Å²) in [6, 6.07) is 4.36. The highest BCUT2D eigenvalue weighted by Gasteiger charge is 2.16. The molecule has 1 N–H and O–H groups in total. The lowest BCUT2D eigenvalue weighted by Gasteiger charge is -2.14. The molecule has 0 amide bonds. The highest BCUT2D eigenvalue weighted by atomic mass is 19.1. The van der Waals surface area contributed by atoms with Crippen LogP contribution >= 0.6 is 0 Å². The molecular formula is C14H20FNO3. The van der Waals surface area contributed by atoms with Gasteiger partial charge in [-0.15, -0.1) is 0 Å². The highest BCUT2D eigenvalue weighted by Crippen LogP contribution is 2.19. The van der Waals surface area contributed by atoms with E-state index in [1.807, 2.05) is 6.92 Å². The second-order valence-electron chi connectivity index (χ2n) is 4.22. The molecule has 0 aliphatic rings. The van der Waals surface area contributed by atoms with Crippen molar-refractivity contribution in [3.05, 3.63) is 29.6 Å². The largest absolute Gasteiger partial charge is 0.496 e. The maximum atomic E-state index is 13.2. The normalized spacial score (nSPS) is 12.0. The number of ether oxygens (including phenoxy) is 2. The maximum Gasteiger partial charge on any atom is 0.309 e. The van der Waals surface area contributed by atoms with Gasteiger partial charge in [0.2, 0.25) is 0 Å². The number of carbonyl (C=O) groups excluding carboxylic acids is 1. The van der Waals surface area contributed by atoms with E-state index in [2.05, 4.69) is 5.32 Å². The van der Waals surface area contributed by atoms with Crippen molar-refractivity contribution in [2.45, 2.75) is 19.9 Å². The van der Waals surface area contributed by atoms with E-state index in [0.29, 0.717) is 25.3 Å². The quantitative estimate of drug-likeness (QED) is 0.770. The molecule has 0 aromatic heterocycles. The van der Waals surface area contributed by atoms with Crippen molar-refractivity contribution in [1.82, 2.24) is 5.32 Å². The fourth-order valence-corrected chi connectivity index (χ4v) is 1.83. The van der Waals surface area contributed by atoms with Gasteiger partial charge in [-0.05, 0) is 24.6 Å². The summed E-state index contributed by atoms with van der Waals surface area (Å²) < 4.78 is 23.0. The molecular weight excluding hydrogens is 249 g/mol. The summed E-state index contributed by atoms with van der Waals surface area (Å²) in [5.41, 5.74) is 0.724. The van der Waals surface area contributed by atoms with Crippen molar-refractivity contribution >= 4 is 5.97 Å². The first kappa shape index (κ1) is 15.4. The summed E-state index contributed by atoms with van der Waals surface area (Å²) in [6.45, 7) is 2.85. The Bertz CT molecular complexity index is 423. The molecule has 0 aliphatic heterocycles. The molecule has 1 atom stereocenters. The van der Waals surface area contributed by atoms with Crippen LogP contribution in [0.4, 0.5) is 4.39 Å². The van der Waals surface area contributed by atoms with Crippen LogP contribution in [0.5, 0.6) is 5.75 Å². The molecule has 106 valence electrons. The standard InChI is InChI=1S/C14H20FNO3/c1-4-10(14(17)19-3)8-16-9-11-7-12(15)5-6-13(11)18-2/h5-7,10,16H,4,8-9H2,1-3H3. The molecule has 0 heterocycles. The maximum absolute atomic E-state index is 13.2. The van der Waals surface area contributed by atoms with Gasteiger partial charge in [-0.3, -0.25) is 4.79 Å². The van der Waals surface area contributed by atoms with E-state index in [0.717, 1.165) is 5.56 Å². The molecule has 19 heavy (non-hydrogen) atoms. The van der Waals surface area contributed by atoms with Gasteiger partial charge in [0.05, 0.1) is 20.1 Å². The van der Waals surface area contributed by atoms with Gasteiger partial charge in [-0.1, -0.05) is 6.92 Å². The Morgan fingerprint density at radius 2 is 2.16 bits per heavy atom. The zero-order valence-electron chi connectivity index (χ0n) is 11.5. The van der Waals surface area contributed by atoms with Crippen molar-refractivity contribution in [3.8, 4) is 5.75 Å². The summed E-state index contributed by atoms with van der Waals surface area (Å²) in [4.78, 5) is 11.4. The molecule has 0 saturated heterocycles. The van der Waals surface area contributed by atoms with Gasteiger partial charge in [0.15, 0.2) is 0 Å². The summed E-state index contributed by atoms with van der Waals surface area (Å²) in [7, 11) is 2.92. The lowest BCUT2D eigenvalue weighted by Crippen LogP contribution is -2.28. The van der Waals surface area contributed by atoms with E-state index in [1.165, 1.54) is 19.2 Å². The van der Waals surface area contributed by atoms with E-state index >= 15 is 0 Å². The zero-order valence-corrected chi connectivity index (χ0v) is 11.5. The number of esters is 1. The van der Waals surface area contributed by atoms with Crippen LogP contribution in [0.1, 0.15) is 18.9 Å². The van der Waals surface area contributed by atoms with E-state index in [4.69, 9.17) is 9.47 Å². The smallest absolute Gasteiger partial charge is 0.309 e. The molecule has 1 rings (SSSR count). The van der Waals surface area contributed by atoms with Gasteiger partial charge in [-0.2, -0.15) is 0 Å². The van der Waals surface area contributed by atoms with Gasteiger partial charge < -0.3 is 14.8 Å². The topological polar surface area (TPSA) is 47.6 Å². The third-order valence-corrected chi connectivity index (χ3v) is 2.98. The average Bonchev–Trinajstić information content (AvgIpc) is 2.43. The first-order chi connectivity index (χ1) is 9.12. The van der Waals surface area contributed by atoms with Crippen LogP contribution < -0.4 is 10.1 Å². The van der Waals surface area contributed by atoms with E-state index < -0.39 is 0 Å². The molecule has 1 aromatic carbocycles. The third kappa shape index (κ3) is 4.52. The molecule has 0 radical (unpaired) electrons. The van der Waals surface area contributed by atoms with E-state index in [-0.39, 0.29) is 17.7 Å². The van der Waals surface area contributed by atoms with Crippen molar-refractivity contribution < 1.29 is 18.7 Å². The number of benzene rings is 1. The van der Waals surface area contributed by atoms with Crippen LogP contribution in [0.3, 0.4) is 0 Å². The minimum absolute atomic E-state index is 0.190. The Labute approximate surface area is 112 Å². The van der Waals surface area contributed by atoms with Gasteiger partial charge >= 0.3 is 5.97 Å². The minimum atomic E-state index is -0.308. The predicted octanol–water partition coefficient (Wildman–Crippen LogP) is 2.12. The minimum Gasteiger partial charge on any atom is -0.496 e. The zero-order chi connectivity index (χ0) is 14.3. The fourth-order valence-electron chi connectivity index (χ4n) is 1.83. The molecule has 0 fully saturated rings. The monoisotopic (exact) mass is 269 g/mol. The summed E-state index contributed by atoms with van der Waals surface area (Å²) >= 11 is 0. The van der Waals surface area contributed by atoms with Crippen molar-refractivity contribution in [3.63, 3.8) is 0 Å². The molecule has 0 saturated carbocycles. The Hall–Kier alpha value is -1.62. The fraction of sp³-hybridized carbons (Fsp3) is 0.500. The Morgan fingerprint density at radius 1 is 1.42 bits per heavy atom. The molecule has 0 bridgehead atoms. The van der Waals surface area contributed by atoms with E-state index in [9.17, 15) is 9.18 Å². The van der Waals surface area contributed by atoms with Crippen LogP contribution in [-0.4, -0.2) is 26.7 Å². The summed E-state index contributed by atoms with van der Waals surface area (Å²) in [6.07, 6.45) is 0.694. The number of carbonyl (C=O) groups is 1. The highest BCUT2D eigenvalue weighted by molar-refractivity contribution is 5.72. The van der Waals surface area contributed by atoms with Crippen LogP contribution in [0.15, 0.2) is 18.2 Å². The van der Waals surface area contributed by atoms with Gasteiger partial charge in [0.1, 0.15) is 11.6 Å². The summed E-state index contributed by atoms with van der Waals surface area (Å²) in [5.74, 6) is -0.108. The first-order valence-electron chi connectivity index (χ1n) is 6.23. The van der Waals surface area contributed by atoms with E-state index in [1.54, 1.807) is 13.2 Å². The van der Waals surface area contributed by atoms with Gasteiger partial charge in [-0.25, -0.2) is 4.39 Å². The Morgan fingerprint density at radius 3 is 2.74 bits per heavy atom. The summed E-state index contributed by atoms with van der Waals surface area (Å²) in [5, 5.41) is 3.12. The van der Waals surface area contributed by atoms with Crippen LogP contribution in [0, 0.1) is 11.7 Å². The third-order valence-electron chi connectivity index (χ3n) is 2.98. The second-order valence-corrected chi connectivity index (χ2v) is 4.22. The van der Waals surface area contributed by atoms with Crippen molar-refractivity contribution in [2.24, 2.45) is 5.92 Å². The lowest BCUT2D eigenvalue weighted by atomic mass is 10.1. The van der Waals surface area contributed by atoms with Crippen LogP contribution in [0.2, 0.25) is 0 Å². The van der Waals surface area contributed by atoms with Crippen LogP contribution in [0.25, 0.3) is 0 Å². The molecule has 1 unspecified atom stereocenters. The molecule has 0 spiro atoms. The van der Waals surface area contributed by atoms with Crippen molar-refractivity contribution in [2.75, 3.05) is 20.8 Å². The Kier molecular flexibility index (Phi) is 6.29. The Balaban J connectivity index is 2.57. The molecule has 5 heteroatoms. The van der Waals surface area contributed by atoms with Crippen molar-refractivity contribution in [1.29, 1.82) is 0 Å². The lowest BCUT2D eigenvalue weighted by molar-refractivity contribution is -0.145. The number of halogens is 1. The number of methoxy groups -OCH3 is 2. The molecule has 1 aromatic rings. The van der Waals surface area contributed by atoms with Gasteiger partial charge in [0.25, 0.3) is 0 Å². The molecule has 0 aliphatic carbocycles. The first-order valence-corrected chi connectivity index (χ1v) is 6.23. The number of hydrogen-bond acceptors (Lipinski definition) is 4. The number of rotatable bonds is 7. The van der Waals surface area contributed by atoms with Gasteiger partial charge in [0, 0.05) is 18.7 Å². The van der Waals surface area contributed by atoms with Crippen LogP contribution in [-0.2, 0) is 16.1 Å². The number of nitrogens with one attached hydrogen (secondary N) is 1. The average molecular weight is 269 g/mol. The second kappa shape index (κ2) is 7.74.